The van der Waals surface area contributed by atoms with Gasteiger partial charge in [0, 0.05) is 6.42 Å². The van der Waals surface area contributed by atoms with Crippen molar-refractivity contribution in [2.45, 2.75) is 386 Å². The van der Waals surface area contributed by atoms with Gasteiger partial charge in [-0.1, -0.05) is 399 Å². The van der Waals surface area contributed by atoms with Gasteiger partial charge in [-0.25, -0.2) is 0 Å². The van der Waals surface area contributed by atoms with E-state index < -0.39 is 12.1 Å². The summed E-state index contributed by atoms with van der Waals surface area (Å²) in [5.41, 5.74) is 0. The molecule has 0 spiro atoms. The van der Waals surface area contributed by atoms with Gasteiger partial charge in [0.15, 0.2) is 0 Å². The molecule has 0 aliphatic heterocycles. The lowest BCUT2D eigenvalue weighted by Crippen LogP contribution is -2.45. The maximum Gasteiger partial charge on any atom is 0.220 e. The molecule has 0 radical (unpaired) electrons. The number of aliphatic hydroxyl groups is 2. The summed E-state index contributed by atoms with van der Waals surface area (Å²) in [5.74, 6) is -0.0645. The summed E-state index contributed by atoms with van der Waals surface area (Å²) in [7, 11) is 0. The normalized spacial score (nSPS) is 13.4. The zero-order valence-corrected chi connectivity index (χ0v) is 57.3. The van der Waals surface area contributed by atoms with Crippen molar-refractivity contribution in [2.24, 2.45) is 0 Å². The molecule has 0 aromatic heterocycles. The predicted molar refractivity (Wildman–Crippen MR) is 386 cm³/mol. The maximum absolute atomic E-state index is 12.6. The first-order valence-electron chi connectivity index (χ1n) is 37.7. The fourth-order valence-electron chi connectivity index (χ4n) is 11.3. The zero-order chi connectivity index (χ0) is 61.9. The van der Waals surface area contributed by atoms with Crippen LogP contribution in [0.4, 0.5) is 0 Å². The van der Waals surface area contributed by atoms with Gasteiger partial charge in [-0.2, -0.15) is 0 Å². The molecule has 0 aromatic rings. The van der Waals surface area contributed by atoms with Crippen molar-refractivity contribution in [3.05, 3.63) is 122 Å². The Labute approximate surface area is 537 Å². The fraction of sp³-hybridized carbons (Fsp3) is 0.744. The van der Waals surface area contributed by atoms with Gasteiger partial charge in [0.25, 0.3) is 0 Å². The predicted octanol–water partition coefficient (Wildman–Crippen LogP) is 26.3. The number of allylic oxidation sites excluding steroid dienone is 19. The largest absolute Gasteiger partial charge is 0.394 e. The summed E-state index contributed by atoms with van der Waals surface area (Å²) in [4.78, 5) is 12.6. The van der Waals surface area contributed by atoms with Crippen LogP contribution in [-0.2, 0) is 4.79 Å². The van der Waals surface area contributed by atoms with E-state index in [2.05, 4.69) is 129 Å². The molecule has 4 heteroatoms. The van der Waals surface area contributed by atoms with E-state index in [0.717, 1.165) is 83.5 Å². The number of aliphatic hydroxyl groups excluding tert-OH is 2. The fourth-order valence-corrected chi connectivity index (χ4v) is 11.3. The third-order valence-electron chi connectivity index (χ3n) is 17.0. The zero-order valence-electron chi connectivity index (χ0n) is 57.3. The molecule has 0 aliphatic rings. The van der Waals surface area contributed by atoms with Crippen LogP contribution in [0.2, 0.25) is 0 Å². The van der Waals surface area contributed by atoms with Crippen molar-refractivity contribution in [1.29, 1.82) is 0 Å². The van der Waals surface area contributed by atoms with Crippen molar-refractivity contribution in [2.75, 3.05) is 6.61 Å². The maximum atomic E-state index is 12.6. The molecular weight excluding hydrogens is 1050 g/mol. The Bertz CT molecular complexity index is 1640. The van der Waals surface area contributed by atoms with E-state index >= 15 is 0 Å². The van der Waals surface area contributed by atoms with Crippen LogP contribution in [0.15, 0.2) is 122 Å². The van der Waals surface area contributed by atoms with E-state index in [1.807, 2.05) is 6.08 Å². The van der Waals surface area contributed by atoms with Crippen LogP contribution >= 0.6 is 0 Å². The summed E-state index contributed by atoms with van der Waals surface area (Å²) in [6.07, 6.45) is 116. The smallest absolute Gasteiger partial charge is 0.220 e. The Hall–Kier alpha value is -3.21. The molecule has 2 atom stereocenters. The molecule has 0 heterocycles. The van der Waals surface area contributed by atoms with Gasteiger partial charge in [0.05, 0.1) is 18.8 Å². The van der Waals surface area contributed by atoms with Gasteiger partial charge in [-0.3, -0.25) is 4.79 Å². The average molecular weight is 1190 g/mol. The van der Waals surface area contributed by atoms with Crippen LogP contribution in [0, 0.1) is 0 Å². The number of unbranched alkanes of at least 4 members (excludes halogenated alkanes) is 44. The van der Waals surface area contributed by atoms with Crippen molar-refractivity contribution in [1.82, 2.24) is 5.32 Å². The molecule has 2 unspecified atom stereocenters. The molecule has 0 rings (SSSR count). The number of hydrogen-bond donors (Lipinski definition) is 3. The second-order valence-electron chi connectivity index (χ2n) is 25.3. The number of carbonyl (C=O) groups excluding carboxylic acids is 1. The molecule has 0 saturated heterocycles. The van der Waals surface area contributed by atoms with Crippen molar-refractivity contribution in [3.8, 4) is 0 Å². The van der Waals surface area contributed by atoms with Crippen molar-refractivity contribution < 1.29 is 15.0 Å². The molecule has 0 fully saturated rings. The number of nitrogens with one attached hydrogen (secondary N) is 1. The Kier molecular flexibility index (Phi) is 73.2. The molecule has 496 valence electrons. The quantitative estimate of drug-likeness (QED) is 0.0420. The summed E-state index contributed by atoms with van der Waals surface area (Å²) in [6.45, 7) is 4.22. The van der Waals surface area contributed by atoms with Crippen molar-refractivity contribution >= 4 is 5.91 Å². The van der Waals surface area contributed by atoms with E-state index in [1.165, 1.54) is 270 Å². The highest BCUT2D eigenvalue weighted by atomic mass is 16.3. The molecule has 4 nitrogen and oxygen atoms in total. The second-order valence-corrected chi connectivity index (χ2v) is 25.3. The van der Waals surface area contributed by atoms with Gasteiger partial charge in [0.2, 0.25) is 5.91 Å². The SMILES string of the molecule is CC/C=C\C/C=C\C/C=C\C/C=C\C/C=C\C/C=C\C/C=C\C/C=C\C/C=C\CCCCCCCCCCCCCCCC(=O)NC(CO)C(O)/C=C/CCCCCCCCCCCCCCCCCCCCCCCCCCCCCCCCC. The van der Waals surface area contributed by atoms with E-state index in [4.69, 9.17) is 0 Å². The third-order valence-corrected chi connectivity index (χ3v) is 17.0. The average Bonchev–Trinajstić information content (AvgIpc) is 3.59. The van der Waals surface area contributed by atoms with E-state index in [9.17, 15) is 15.0 Å². The highest BCUT2D eigenvalue weighted by Crippen LogP contribution is 2.19. The minimum atomic E-state index is -0.848. The number of carbonyl (C=O) groups is 1. The van der Waals surface area contributed by atoms with E-state index in [0.29, 0.717) is 6.42 Å². The minimum absolute atomic E-state index is 0.0645. The van der Waals surface area contributed by atoms with Crippen LogP contribution in [0.5, 0.6) is 0 Å². The molecule has 3 N–H and O–H groups in total. The lowest BCUT2D eigenvalue weighted by molar-refractivity contribution is -0.123. The number of amides is 1. The lowest BCUT2D eigenvalue weighted by atomic mass is 10.0. The summed E-state index contributed by atoms with van der Waals surface area (Å²) in [5, 5.41) is 23.3. The lowest BCUT2D eigenvalue weighted by Gasteiger charge is -2.20. The summed E-state index contributed by atoms with van der Waals surface area (Å²) >= 11 is 0. The highest BCUT2D eigenvalue weighted by Gasteiger charge is 2.18. The van der Waals surface area contributed by atoms with Crippen LogP contribution < -0.4 is 5.32 Å². The number of rotatable bonds is 69. The monoisotopic (exact) mass is 1190 g/mol. The number of hydrogen-bond acceptors (Lipinski definition) is 3. The van der Waals surface area contributed by atoms with Crippen LogP contribution in [-0.4, -0.2) is 34.9 Å². The summed E-state index contributed by atoms with van der Waals surface area (Å²) in [6, 6.07) is -0.632. The summed E-state index contributed by atoms with van der Waals surface area (Å²) < 4.78 is 0. The Morgan fingerprint density at radius 2 is 0.512 bits per heavy atom. The molecule has 0 aliphatic carbocycles. The Morgan fingerprint density at radius 3 is 0.767 bits per heavy atom. The first-order valence-corrected chi connectivity index (χ1v) is 37.7. The first kappa shape index (κ1) is 82.8. The molecule has 0 aromatic carbocycles. The third kappa shape index (κ3) is 71.5. The van der Waals surface area contributed by atoms with E-state index in [1.54, 1.807) is 6.08 Å². The Morgan fingerprint density at radius 1 is 0.291 bits per heavy atom. The van der Waals surface area contributed by atoms with Crippen molar-refractivity contribution in [3.63, 3.8) is 0 Å². The molecule has 86 heavy (non-hydrogen) atoms. The minimum Gasteiger partial charge on any atom is -0.394 e. The standard InChI is InChI=1S/C82H145NO3/c1-3-5-7-9-11-13-15-17-19-21-23-25-27-29-31-33-35-37-38-39-40-41-42-43-44-46-48-50-52-54-56-58-60-62-64-66-68-70-72-74-76-78-82(86)83-80(79-84)81(85)77-75-73-71-69-67-65-63-61-59-57-55-53-51-49-47-45-36-34-32-30-28-26-24-22-20-18-16-14-12-10-8-6-4-2/h5,7,11,13,17,19,23,25,29,31,35,37,39-40,42-43,46,48,75,77,80-81,84-85H,3-4,6,8-10,12,14-16,18,20-22,24,26-28,30,32-34,36,38,41,44-45,47,49-74,76,78-79H2,1-2H3,(H,83,86)/b7-5-,13-11-,19-17-,25-23-,31-29-,37-35-,40-39-,43-42-,48-46-,77-75+. The highest BCUT2D eigenvalue weighted by molar-refractivity contribution is 5.76. The topological polar surface area (TPSA) is 69.6 Å². The molecule has 1 amide bonds. The second kappa shape index (κ2) is 76.0. The molecular formula is C82H145NO3. The Balaban J connectivity index is 3.50. The van der Waals surface area contributed by atoms with Gasteiger partial charge >= 0.3 is 0 Å². The molecule has 0 saturated carbocycles. The van der Waals surface area contributed by atoms with E-state index in [-0.39, 0.29) is 12.5 Å². The van der Waals surface area contributed by atoms with Gasteiger partial charge in [0.1, 0.15) is 0 Å². The van der Waals surface area contributed by atoms with Gasteiger partial charge in [-0.15, -0.1) is 0 Å². The van der Waals surface area contributed by atoms with Crippen LogP contribution in [0.25, 0.3) is 0 Å². The van der Waals surface area contributed by atoms with Gasteiger partial charge < -0.3 is 15.5 Å². The van der Waals surface area contributed by atoms with Crippen LogP contribution in [0.3, 0.4) is 0 Å². The molecule has 0 bridgehead atoms. The van der Waals surface area contributed by atoms with Crippen LogP contribution in [0.1, 0.15) is 373 Å². The first-order chi connectivity index (χ1) is 42.7. The van der Waals surface area contributed by atoms with Gasteiger partial charge in [-0.05, 0) is 89.9 Å².